The van der Waals surface area contributed by atoms with Crippen LogP contribution in [0, 0.1) is 0 Å². The zero-order valence-electron chi connectivity index (χ0n) is 58.9. The smallest absolute Gasteiger partial charge is 0.461 e. The summed E-state index contributed by atoms with van der Waals surface area (Å²) in [6.45, 7) is 0.660. The van der Waals surface area contributed by atoms with Gasteiger partial charge in [0, 0.05) is 90.9 Å². The first kappa shape index (κ1) is 93.9. The van der Waals surface area contributed by atoms with Crippen molar-refractivity contribution in [3.63, 3.8) is 0 Å². The molecule has 103 heavy (non-hydrogen) atoms. The van der Waals surface area contributed by atoms with Crippen LogP contribution in [0.2, 0.25) is 0 Å². The molecule has 0 saturated carbocycles. The summed E-state index contributed by atoms with van der Waals surface area (Å²) in [5.74, 6) is -10.9. The molecule has 592 valence electrons. The van der Waals surface area contributed by atoms with E-state index in [0.29, 0.717) is 70.6 Å². The van der Waals surface area contributed by atoms with Gasteiger partial charge in [-0.2, -0.15) is 52.7 Å². The van der Waals surface area contributed by atoms with Crippen LogP contribution in [0.5, 0.6) is 0 Å². The molecule has 0 spiro atoms. The van der Waals surface area contributed by atoms with Gasteiger partial charge in [0.25, 0.3) is 0 Å². The second-order valence-electron chi connectivity index (χ2n) is 25.1. The molecule has 0 aromatic heterocycles. The summed E-state index contributed by atoms with van der Waals surface area (Å²) in [7, 11) is 0. The number of ether oxygens (including phenoxy) is 5. The molecule has 0 saturated heterocycles. The fourth-order valence-corrected chi connectivity index (χ4v) is 10.1. The van der Waals surface area contributed by atoms with Gasteiger partial charge in [0.05, 0.1) is 63.9 Å². The molecule has 0 heterocycles. The molecule has 1 rings (SSSR count). The van der Waals surface area contributed by atoms with E-state index in [1.54, 1.807) is 35.1 Å². The van der Waals surface area contributed by atoms with Gasteiger partial charge in [0.1, 0.15) is 6.61 Å². The van der Waals surface area contributed by atoms with E-state index in [9.17, 15) is 95.8 Å². The third-order valence-electron chi connectivity index (χ3n) is 15.5. The van der Waals surface area contributed by atoms with E-state index in [1.165, 1.54) is 4.90 Å². The molecule has 8 N–H and O–H groups in total. The van der Waals surface area contributed by atoms with Crippen molar-refractivity contribution in [2.24, 2.45) is 0 Å². The zero-order chi connectivity index (χ0) is 77.1. The van der Waals surface area contributed by atoms with Gasteiger partial charge in [-0.15, -0.1) is 0 Å². The van der Waals surface area contributed by atoms with Crippen LogP contribution in [0.15, 0.2) is 30.3 Å². The summed E-state index contributed by atoms with van der Waals surface area (Å²) in [6.07, 6.45) is -11.5. The minimum atomic E-state index is -5.03. The van der Waals surface area contributed by atoms with Crippen molar-refractivity contribution in [1.29, 1.82) is 0 Å². The molecule has 0 bridgehead atoms. The lowest BCUT2D eigenvalue weighted by molar-refractivity contribution is -0.173. The van der Waals surface area contributed by atoms with Gasteiger partial charge >= 0.3 is 54.3 Å². The average Bonchev–Trinajstić information content (AvgIpc) is 0.773. The SMILES string of the molecule is CC(COCCC(=O)NCCCCCNC(=O)C(F)(F)F)(COCCC(=O)NCCCCCNC(=O)C(F)(F)F)N(C(=O)CCCCCCCCCCC(=O)OCc1ccccc1)C(C)(COCCC(=O)NCCCCCNC(=O)C(F)(F)F)COCCC(=O)NCCCCCNC(=O)C(F)(F)F. The maximum absolute atomic E-state index is 15.3. The summed E-state index contributed by atoms with van der Waals surface area (Å²) in [5, 5.41) is 17.9. The first-order valence-electron chi connectivity index (χ1n) is 34.9. The van der Waals surface area contributed by atoms with E-state index in [4.69, 9.17) is 23.7 Å². The Hall–Kier alpha value is -7.08. The van der Waals surface area contributed by atoms with Crippen LogP contribution in [-0.2, 0) is 78.2 Å². The number of nitrogens with one attached hydrogen (secondary N) is 8. The number of benzene rings is 1. The lowest BCUT2D eigenvalue weighted by Crippen LogP contribution is -2.67. The molecule has 0 aliphatic heterocycles. The van der Waals surface area contributed by atoms with E-state index in [1.807, 2.05) is 30.3 Å². The molecule has 36 heteroatoms. The van der Waals surface area contributed by atoms with Crippen LogP contribution in [0.4, 0.5) is 52.7 Å². The predicted molar refractivity (Wildman–Crippen MR) is 352 cm³/mol. The highest BCUT2D eigenvalue weighted by Crippen LogP contribution is 2.31. The molecule has 0 fully saturated rings. The van der Waals surface area contributed by atoms with Crippen LogP contribution in [0.3, 0.4) is 0 Å². The Morgan fingerprint density at radius 3 is 0.835 bits per heavy atom. The van der Waals surface area contributed by atoms with Gasteiger partial charge in [-0.1, -0.05) is 68.9 Å². The third-order valence-corrected chi connectivity index (χ3v) is 15.5. The monoisotopic (exact) mass is 1500 g/mol. The van der Waals surface area contributed by atoms with Crippen molar-refractivity contribution in [3.05, 3.63) is 35.9 Å². The van der Waals surface area contributed by atoms with Gasteiger partial charge in [-0.3, -0.25) is 47.9 Å². The number of unbranched alkanes of at least 4 members (excludes halogenated alkanes) is 15. The first-order chi connectivity index (χ1) is 48.6. The molecule has 1 aromatic carbocycles. The van der Waals surface area contributed by atoms with Crippen LogP contribution in [0.1, 0.15) is 186 Å². The maximum Gasteiger partial charge on any atom is 0.471 e. The molecule has 0 atom stereocenters. The van der Waals surface area contributed by atoms with E-state index in [0.717, 1.165) is 37.7 Å². The Balaban J connectivity index is 3.49. The lowest BCUT2D eigenvalue weighted by atomic mass is 9.90. The fourth-order valence-electron chi connectivity index (χ4n) is 10.1. The number of hydrogen-bond donors (Lipinski definition) is 8. The quantitative estimate of drug-likeness (QED) is 0.0172. The van der Waals surface area contributed by atoms with E-state index in [2.05, 4.69) is 21.3 Å². The van der Waals surface area contributed by atoms with Crippen molar-refractivity contribution in [3.8, 4) is 0 Å². The molecular weight excluding hydrogens is 1400 g/mol. The highest BCUT2D eigenvalue weighted by atomic mass is 19.4. The summed E-state index contributed by atoms with van der Waals surface area (Å²) in [5.41, 5.74) is -2.20. The Labute approximate surface area is 593 Å². The number of hydrogen-bond acceptors (Lipinski definition) is 15. The molecule has 0 aliphatic rings. The molecule has 0 aliphatic carbocycles. The van der Waals surface area contributed by atoms with Gasteiger partial charge in [-0.25, -0.2) is 0 Å². The summed E-state index contributed by atoms with van der Waals surface area (Å²) in [4.78, 5) is 126. The van der Waals surface area contributed by atoms with Crippen LogP contribution in [-0.4, -0.2) is 205 Å². The van der Waals surface area contributed by atoms with Gasteiger partial charge in [0.15, 0.2) is 0 Å². The first-order valence-corrected chi connectivity index (χ1v) is 34.9. The molecular formula is C67H105F12N9O15. The van der Waals surface area contributed by atoms with Gasteiger partial charge in [-0.05, 0) is 109 Å². The summed E-state index contributed by atoms with van der Waals surface area (Å²) >= 11 is 0. The minimum absolute atomic E-state index is 0.0707. The number of esters is 1. The van der Waals surface area contributed by atoms with Crippen LogP contribution < -0.4 is 42.5 Å². The Morgan fingerprint density at radius 2 is 0.563 bits per heavy atom. The topological polar surface area (TPSA) is 316 Å². The second-order valence-corrected chi connectivity index (χ2v) is 25.1. The Bertz CT molecular complexity index is 2380. The summed E-state index contributed by atoms with van der Waals surface area (Å²) in [6, 6.07) is 9.29. The lowest BCUT2D eigenvalue weighted by Gasteiger charge is -2.51. The average molecular weight is 1500 g/mol. The van der Waals surface area contributed by atoms with E-state index in [-0.39, 0.29) is 182 Å². The Morgan fingerprint density at radius 1 is 0.320 bits per heavy atom. The summed E-state index contributed by atoms with van der Waals surface area (Å²) < 4.78 is 181. The standard InChI is InChI=1S/C67H105F12N9O15/c1-62(47-99-42-30-52(89)80-34-18-10-22-38-84-58(95)64(68,69)70,48-100-43-31-53(90)81-35-19-11-23-39-85-59(96)65(71,72)73)88(56(93)28-16-7-5-3-4-6-8-17-29-57(94)103-46-51-26-14-9-15-27-51)63(2,49-101-44-32-54(91)82-36-20-12-24-40-86-60(97)66(74,75)76)50-102-45-33-55(92)83-37-21-13-25-41-87-61(98)67(77,78)79/h9,14-15,26-27H,3-8,10-13,16-25,28-50H2,1-2H3,(H,80,89)(H,81,90)(H,82,91)(H,83,92)(H,84,95)(H,85,96)(H,86,97)(H,87,98). The van der Waals surface area contributed by atoms with E-state index >= 15 is 4.79 Å². The van der Waals surface area contributed by atoms with Crippen molar-refractivity contribution >= 4 is 59.1 Å². The van der Waals surface area contributed by atoms with Gasteiger partial charge in [0.2, 0.25) is 29.5 Å². The normalized spacial score (nSPS) is 12.1. The zero-order valence-corrected chi connectivity index (χ0v) is 58.9. The molecule has 1 aromatic rings. The molecule has 9 amide bonds. The highest BCUT2D eigenvalue weighted by Gasteiger charge is 2.48. The number of carbonyl (C=O) groups is 10. The number of nitrogens with zero attached hydrogens (tertiary/aromatic N) is 1. The van der Waals surface area contributed by atoms with E-state index < -0.39 is 88.9 Å². The van der Waals surface area contributed by atoms with Crippen molar-refractivity contribution < 1.29 is 124 Å². The number of amides is 9. The largest absolute Gasteiger partial charge is 0.471 e. The molecule has 0 radical (unpaired) electrons. The fraction of sp³-hybridized carbons (Fsp3) is 0.761. The van der Waals surface area contributed by atoms with Crippen molar-refractivity contribution in [2.75, 3.05) is 105 Å². The van der Waals surface area contributed by atoms with Gasteiger partial charge < -0.3 is 71.1 Å². The van der Waals surface area contributed by atoms with Crippen LogP contribution in [0.25, 0.3) is 0 Å². The van der Waals surface area contributed by atoms with Crippen molar-refractivity contribution in [1.82, 2.24) is 47.4 Å². The third kappa shape index (κ3) is 47.8. The second kappa shape index (κ2) is 52.8. The molecule has 24 nitrogen and oxygen atoms in total. The minimum Gasteiger partial charge on any atom is -0.461 e. The number of halogens is 12. The predicted octanol–water partition coefficient (Wildman–Crippen LogP) is 8.46. The number of carbonyl (C=O) groups excluding carboxylic acids is 10. The highest BCUT2D eigenvalue weighted by molar-refractivity contribution is 5.83. The van der Waals surface area contributed by atoms with Crippen molar-refractivity contribution in [2.45, 2.75) is 223 Å². The number of alkyl halides is 12. The molecule has 0 unspecified atom stereocenters. The number of rotatable bonds is 59. The van der Waals surface area contributed by atoms with Crippen LogP contribution >= 0.6 is 0 Å². The maximum atomic E-state index is 15.3. The Kier molecular flexibility index (Phi) is 48.2.